The molecule has 0 fully saturated rings. The number of nitrogens with zero attached hydrogens (tertiary/aromatic N) is 4. The Kier molecular flexibility index (Phi) is 5.54. The third kappa shape index (κ3) is 4.42. The molecule has 0 aliphatic heterocycles. The highest BCUT2D eigenvalue weighted by atomic mass is 32.2. The summed E-state index contributed by atoms with van der Waals surface area (Å²) in [6.45, 7) is -0.0163. The van der Waals surface area contributed by atoms with E-state index in [4.69, 9.17) is 9.15 Å². The van der Waals surface area contributed by atoms with Crippen LogP contribution in [0, 0.1) is 0 Å². The Bertz CT molecular complexity index is 1040. The maximum absolute atomic E-state index is 12.5. The van der Waals surface area contributed by atoms with E-state index in [0.29, 0.717) is 22.7 Å². The van der Waals surface area contributed by atoms with Gasteiger partial charge in [-0.25, -0.2) is 8.42 Å². The van der Waals surface area contributed by atoms with E-state index in [9.17, 15) is 17.2 Å². The monoisotopic (exact) mass is 410 g/mol. The molecule has 0 amide bonds. The standard InChI is InChI=1S/C17H16F2N4O4S/c1-26-14-7-5-13(6-8-14)23(28(2,24)25)10-12-4-3-11(9-20-12)16-21-22-17(27-16)15(18)19/h3-9,15H,10H2,1-2H3. The van der Waals surface area contributed by atoms with Crippen LogP contribution in [0.3, 0.4) is 0 Å². The summed E-state index contributed by atoms with van der Waals surface area (Å²) in [7, 11) is -2.06. The van der Waals surface area contributed by atoms with E-state index in [-0.39, 0.29) is 12.4 Å². The van der Waals surface area contributed by atoms with Gasteiger partial charge in [0.2, 0.25) is 15.9 Å². The molecule has 28 heavy (non-hydrogen) atoms. The highest BCUT2D eigenvalue weighted by Gasteiger charge is 2.20. The second kappa shape index (κ2) is 7.89. The molecule has 148 valence electrons. The molecule has 3 aromatic rings. The lowest BCUT2D eigenvalue weighted by Crippen LogP contribution is -2.29. The molecule has 0 aliphatic rings. The zero-order valence-electron chi connectivity index (χ0n) is 14.9. The molecular weight excluding hydrogens is 394 g/mol. The fraction of sp³-hybridized carbons (Fsp3) is 0.235. The summed E-state index contributed by atoms with van der Waals surface area (Å²) >= 11 is 0. The van der Waals surface area contributed by atoms with Gasteiger partial charge in [0.1, 0.15) is 5.75 Å². The number of ether oxygens (including phenoxy) is 1. The summed E-state index contributed by atoms with van der Waals surface area (Å²) < 4.78 is 60.6. The molecule has 0 saturated carbocycles. The first-order valence-corrected chi connectivity index (χ1v) is 9.81. The Labute approximate surface area is 159 Å². The summed E-state index contributed by atoms with van der Waals surface area (Å²) in [6.07, 6.45) is -0.413. The van der Waals surface area contributed by atoms with E-state index in [2.05, 4.69) is 15.2 Å². The minimum atomic E-state index is -3.58. The Morgan fingerprint density at radius 1 is 1.14 bits per heavy atom. The minimum absolute atomic E-state index is 0.0163. The van der Waals surface area contributed by atoms with Gasteiger partial charge in [-0.1, -0.05) is 0 Å². The highest BCUT2D eigenvalue weighted by Crippen LogP contribution is 2.25. The van der Waals surface area contributed by atoms with Crippen molar-refractivity contribution in [2.75, 3.05) is 17.7 Å². The first-order valence-electron chi connectivity index (χ1n) is 7.96. The van der Waals surface area contributed by atoms with Crippen LogP contribution in [0.5, 0.6) is 5.75 Å². The van der Waals surface area contributed by atoms with Crippen molar-refractivity contribution in [3.8, 4) is 17.2 Å². The van der Waals surface area contributed by atoms with Gasteiger partial charge in [-0.2, -0.15) is 8.78 Å². The lowest BCUT2D eigenvalue weighted by Gasteiger charge is -2.22. The lowest BCUT2D eigenvalue weighted by molar-refractivity contribution is 0.116. The number of halogens is 2. The number of hydrogen-bond acceptors (Lipinski definition) is 7. The van der Waals surface area contributed by atoms with Gasteiger partial charge in [0, 0.05) is 6.20 Å². The number of benzene rings is 1. The van der Waals surface area contributed by atoms with Crippen LogP contribution in [0.2, 0.25) is 0 Å². The number of alkyl halides is 2. The Morgan fingerprint density at radius 3 is 2.36 bits per heavy atom. The third-order valence-corrected chi connectivity index (χ3v) is 4.91. The van der Waals surface area contributed by atoms with Crippen LogP contribution < -0.4 is 9.04 Å². The van der Waals surface area contributed by atoms with Crippen molar-refractivity contribution >= 4 is 15.7 Å². The molecule has 11 heteroatoms. The zero-order valence-corrected chi connectivity index (χ0v) is 15.7. The molecule has 3 rings (SSSR count). The summed E-state index contributed by atoms with van der Waals surface area (Å²) in [5, 5.41) is 6.80. The maximum atomic E-state index is 12.5. The molecule has 0 radical (unpaired) electrons. The second-order valence-electron chi connectivity index (χ2n) is 5.75. The van der Waals surface area contributed by atoms with Crippen molar-refractivity contribution in [2.24, 2.45) is 0 Å². The predicted molar refractivity (Wildman–Crippen MR) is 96.5 cm³/mol. The Balaban J connectivity index is 1.82. The van der Waals surface area contributed by atoms with Gasteiger partial charge in [-0.05, 0) is 36.4 Å². The van der Waals surface area contributed by atoms with Crippen molar-refractivity contribution in [2.45, 2.75) is 13.0 Å². The van der Waals surface area contributed by atoms with E-state index < -0.39 is 22.3 Å². The molecule has 0 atom stereocenters. The second-order valence-corrected chi connectivity index (χ2v) is 7.66. The molecule has 0 aliphatic carbocycles. The van der Waals surface area contributed by atoms with E-state index >= 15 is 0 Å². The van der Waals surface area contributed by atoms with Crippen molar-refractivity contribution in [3.63, 3.8) is 0 Å². The van der Waals surface area contributed by atoms with Crippen molar-refractivity contribution in [1.82, 2.24) is 15.2 Å². The average molecular weight is 410 g/mol. The number of sulfonamides is 1. The van der Waals surface area contributed by atoms with Gasteiger partial charge in [0.25, 0.3) is 5.89 Å². The van der Waals surface area contributed by atoms with Gasteiger partial charge in [-0.3, -0.25) is 9.29 Å². The first-order chi connectivity index (χ1) is 13.3. The molecular formula is C17H16F2N4O4S. The van der Waals surface area contributed by atoms with Crippen LogP contribution in [0.4, 0.5) is 14.5 Å². The van der Waals surface area contributed by atoms with Gasteiger partial charge in [0.15, 0.2) is 0 Å². The van der Waals surface area contributed by atoms with E-state index in [0.717, 1.165) is 6.26 Å². The number of hydrogen-bond donors (Lipinski definition) is 0. The lowest BCUT2D eigenvalue weighted by atomic mass is 10.2. The summed E-state index contributed by atoms with van der Waals surface area (Å²) in [5.41, 5.74) is 1.24. The van der Waals surface area contributed by atoms with E-state index in [1.54, 1.807) is 36.4 Å². The highest BCUT2D eigenvalue weighted by molar-refractivity contribution is 7.92. The molecule has 2 heterocycles. The predicted octanol–water partition coefficient (Wildman–Crippen LogP) is 3.04. The molecule has 0 saturated heterocycles. The summed E-state index contributed by atoms with van der Waals surface area (Å²) in [6, 6.07) is 9.65. The Hall–Kier alpha value is -3.08. The van der Waals surface area contributed by atoms with Crippen LogP contribution in [0.25, 0.3) is 11.5 Å². The normalized spacial score (nSPS) is 11.6. The van der Waals surface area contributed by atoms with Crippen LogP contribution in [0.1, 0.15) is 18.0 Å². The van der Waals surface area contributed by atoms with E-state index in [1.165, 1.54) is 17.6 Å². The zero-order chi connectivity index (χ0) is 20.3. The van der Waals surface area contributed by atoms with Crippen LogP contribution in [-0.4, -0.2) is 37.0 Å². The summed E-state index contributed by atoms with van der Waals surface area (Å²) in [4.78, 5) is 4.18. The summed E-state index contributed by atoms with van der Waals surface area (Å²) in [5.74, 6) is -0.270. The first kappa shape index (κ1) is 19.7. The number of pyridine rings is 1. The number of aromatic nitrogens is 3. The van der Waals surface area contributed by atoms with E-state index in [1.807, 2.05) is 0 Å². The molecule has 2 aromatic heterocycles. The molecule has 0 spiro atoms. The molecule has 0 bridgehead atoms. The van der Waals surface area contributed by atoms with Crippen molar-refractivity contribution in [3.05, 3.63) is 54.2 Å². The van der Waals surface area contributed by atoms with Crippen molar-refractivity contribution < 1.29 is 26.4 Å². The van der Waals surface area contributed by atoms with Crippen molar-refractivity contribution in [1.29, 1.82) is 0 Å². The van der Waals surface area contributed by atoms with Gasteiger partial charge in [0.05, 0.1) is 36.9 Å². The minimum Gasteiger partial charge on any atom is -0.497 e. The van der Waals surface area contributed by atoms with Gasteiger partial charge in [-0.15, -0.1) is 10.2 Å². The number of rotatable bonds is 7. The SMILES string of the molecule is COc1ccc(N(Cc2ccc(-c3nnc(C(F)F)o3)cn2)S(C)(=O)=O)cc1. The van der Waals surface area contributed by atoms with Crippen LogP contribution in [-0.2, 0) is 16.6 Å². The fourth-order valence-corrected chi connectivity index (χ4v) is 3.25. The number of methoxy groups -OCH3 is 1. The topological polar surface area (TPSA) is 98.4 Å². The fourth-order valence-electron chi connectivity index (χ4n) is 2.38. The molecule has 8 nitrogen and oxygen atoms in total. The Morgan fingerprint density at radius 2 is 1.86 bits per heavy atom. The van der Waals surface area contributed by atoms with Gasteiger partial charge < -0.3 is 9.15 Å². The largest absolute Gasteiger partial charge is 0.497 e. The molecule has 1 aromatic carbocycles. The molecule has 0 N–H and O–H groups in total. The van der Waals surface area contributed by atoms with Crippen LogP contribution >= 0.6 is 0 Å². The quantitative estimate of drug-likeness (QED) is 0.590. The maximum Gasteiger partial charge on any atom is 0.314 e. The smallest absolute Gasteiger partial charge is 0.314 e. The van der Waals surface area contributed by atoms with Crippen LogP contribution in [0.15, 0.2) is 47.0 Å². The molecule has 0 unspecified atom stereocenters. The average Bonchev–Trinajstić information content (AvgIpc) is 3.16. The third-order valence-electron chi connectivity index (χ3n) is 3.77. The number of anilines is 1. The van der Waals surface area contributed by atoms with Gasteiger partial charge >= 0.3 is 6.43 Å².